The molecule has 1 saturated heterocycles. The van der Waals surface area contributed by atoms with Gasteiger partial charge in [-0.25, -0.2) is 0 Å². The van der Waals surface area contributed by atoms with Crippen LogP contribution in [0.25, 0.3) is 0 Å². The fourth-order valence-electron chi connectivity index (χ4n) is 2.44. The summed E-state index contributed by atoms with van der Waals surface area (Å²) in [5.74, 6) is 3.04. The Bertz CT molecular complexity index is 338. The van der Waals surface area contributed by atoms with E-state index in [9.17, 15) is 0 Å². The summed E-state index contributed by atoms with van der Waals surface area (Å²) >= 11 is 6.26. The monoisotopic (exact) mass is 241 g/mol. The topological polar surface area (TPSA) is 25.2 Å². The molecule has 0 radical (unpaired) electrons. The highest BCUT2D eigenvalue weighted by atomic mass is 35.5. The maximum atomic E-state index is 6.26. The maximum absolute atomic E-state index is 6.26. The minimum atomic E-state index is 0.468. The molecule has 2 heterocycles. The molecule has 1 fully saturated rings. The van der Waals surface area contributed by atoms with Crippen molar-refractivity contribution in [3.05, 3.63) is 22.6 Å². The molecular formula is C13H20ClNO. The molecule has 1 N–H and O–H groups in total. The Morgan fingerprint density at radius 2 is 2.25 bits per heavy atom. The maximum Gasteiger partial charge on any atom is 0.125 e. The minimum absolute atomic E-state index is 0.468. The van der Waals surface area contributed by atoms with Crippen molar-refractivity contribution < 1.29 is 4.42 Å². The quantitative estimate of drug-likeness (QED) is 0.865. The van der Waals surface area contributed by atoms with Crippen LogP contribution in [0.3, 0.4) is 0 Å². The molecule has 90 valence electrons. The molecule has 0 spiro atoms. The molecule has 0 bridgehead atoms. The zero-order chi connectivity index (χ0) is 11.5. The van der Waals surface area contributed by atoms with Crippen LogP contribution in [0.2, 0.25) is 5.02 Å². The molecule has 1 aromatic heterocycles. The van der Waals surface area contributed by atoms with Crippen molar-refractivity contribution in [1.29, 1.82) is 0 Å². The van der Waals surface area contributed by atoms with E-state index >= 15 is 0 Å². The van der Waals surface area contributed by atoms with Gasteiger partial charge in [-0.05, 0) is 31.9 Å². The van der Waals surface area contributed by atoms with E-state index in [1.165, 1.54) is 0 Å². The third-order valence-electron chi connectivity index (χ3n) is 3.55. The van der Waals surface area contributed by atoms with E-state index in [0.717, 1.165) is 48.9 Å². The summed E-state index contributed by atoms with van der Waals surface area (Å²) in [6, 6.07) is 2.02. The van der Waals surface area contributed by atoms with E-state index < -0.39 is 0 Å². The van der Waals surface area contributed by atoms with Gasteiger partial charge in [0.1, 0.15) is 11.5 Å². The van der Waals surface area contributed by atoms with Crippen LogP contribution < -0.4 is 5.32 Å². The van der Waals surface area contributed by atoms with Gasteiger partial charge in [-0.15, -0.1) is 0 Å². The van der Waals surface area contributed by atoms with Crippen LogP contribution in [-0.4, -0.2) is 13.1 Å². The van der Waals surface area contributed by atoms with Crippen LogP contribution >= 0.6 is 11.6 Å². The molecule has 2 rings (SSSR count). The predicted molar refractivity (Wildman–Crippen MR) is 67.3 cm³/mol. The van der Waals surface area contributed by atoms with Crippen LogP contribution in [-0.2, 0) is 0 Å². The Morgan fingerprint density at radius 3 is 2.81 bits per heavy atom. The average molecular weight is 242 g/mol. The minimum Gasteiger partial charge on any atom is -0.464 e. The third-order valence-corrected chi connectivity index (χ3v) is 3.85. The van der Waals surface area contributed by atoms with Gasteiger partial charge in [0.2, 0.25) is 0 Å². The molecule has 0 saturated carbocycles. The van der Waals surface area contributed by atoms with Crippen molar-refractivity contribution in [3.63, 3.8) is 0 Å². The average Bonchev–Trinajstić information content (AvgIpc) is 2.90. The van der Waals surface area contributed by atoms with Crippen molar-refractivity contribution in [3.8, 4) is 0 Å². The number of hydrogen-bond acceptors (Lipinski definition) is 2. The lowest BCUT2D eigenvalue weighted by atomic mass is 10.0. The lowest BCUT2D eigenvalue weighted by Crippen LogP contribution is -2.07. The van der Waals surface area contributed by atoms with E-state index in [0.29, 0.717) is 11.8 Å². The molecule has 1 aliphatic rings. The summed E-state index contributed by atoms with van der Waals surface area (Å²) in [5.41, 5.74) is 0. The van der Waals surface area contributed by atoms with Gasteiger partial charge in [0.05, 0.1) is 5.02 Å². The van der Waals surface area contributed by atoms with Crippen molar-refractivity contribution in [2.24, 2.45) is 0 Å². The van der Waals surface area contributed by atoms with Crippen LogP contribution in [0, 0.1) is 0 Å². The van der Waals surface area contributed by atoms with Gasteiger partial charge >= 0.3 is 0 Å². The van der Waals surface area contributed by atoms with Crippen LogP contribution in [0.4, 0.5) is 0 Å². The SMILES string of the molecule is CCC(CC)c1oc(C2CCNC2)cc1Cl. The van der Waals surface area contributed by atoms with Gasteiger partial charge in [-0.3, -0.25) is 0 Å². The standard InChI is InChI=1S/C13H20ClNO/c1-3-9(4-2)13-11(14)7-12(16-13)10-5-6-15-8-10/h7,9-10,15H,3-6,8H2,1-2H3. The summed E-state index contributed by atoms with van der Waals surface area (Å²) in [5, 5.41) is 4.17. The summed E-state index contributed by atoms with van der Waals surface area (Å²) in [4.78, 5) is 0. The summed E-state index contributed by atoms with van der Waals surface area (Å²) in [7, 11) is 0. The van der Waals surface area contributed by atoms with Crippen molar-refractivity contribution in [1.82, 2.24) is 5.32 Å². The first-order valence-electron chi connectivity index (χ1n) is 6.26. The molecule has 0 amide bonds. The number of hydrogen-bond donors (Lipinski definition) is 1. The Hall–Kier alpha value is -0.470. The van der Waals surface area contributed by atoms with Gasteiger partial charge in [-0.1, -0.05) is 25.4 Å². The Morgan fingerprint density at radius 1 is 1.50 bits per heavy atom. The van der Waals surface area contributed by atoms with Crippen LogP contribution in [0.15, 0.2) is 10.5 Å². The van der Waals surface area contributed by atoms with Crippen LogP contribution in [0.5, 0.6) is 0 Å². The lowest BCUT2D eigenvalue weighted by molar-refractivity contribution is 0.401. The smallest absolute Gasteiger partial charge is 0.125 e. The fourth-order valence-corrected chi connectivity index (χ4v) is 2.74. The molecule has 1 aliphatic heterocycles. The zero-order valence-electron chi connectivity index (χ0n) is 10.1. The second kappa shape index (κ2) is 5.24. The van der Waals surface area contributed by atoms with Crippen molar-refractivity contribution >= 4 is 11.6 Å². The second-order valence-corrected chi connectivity index (χ2v) is 4.97. The van der Waals surface area contributed by atoms with Gasteiger partial charge in [-0.2, -0.15) is 0 Å². The van der Waals surface area contributed by atoms with Gasteiger partial charge in [0.15, 0.2) is 0 Å². The first-order chi connectivity index (χ1) is 7.76. The molecule has 16 heavy (non-hydrogen) atoms. The first kappa shape index (κ1) is 12.0. The Balaban J connectivity index is 2.20. The van der Waals surface area contributed by atoms with Crippen molar-refractivity contribution in [2.75, 3.05) is 13.1 Å². The third kappa shape index (κ3) is 2.28. The van der Waals surface area contributed by atoms with E-state index in [1.807, 2.05) is 6.07 Å². The van der Waals surface area contributed by atoms with Gasteiger partial charge in [0.25, 0.3) is 0 Å². The fraction of sp³-hybridized carbons (Fsp3) is 0.692. The second-order valence-electron chi connectivity index (χ2n) is 4.56. The van der Waals surface area contributed by atoms with E-state index in [4.69, 9.17) is 16.0 Å². The molecule has 0 aliphatic carbocycles. The van der Waals surface area contributed by atoms with Crippen molar-refractivity contribution in [2.45, 2.75) is 44.9 Å². The van der Waals surface area contributed by atoms with E-state index in [2.05, 4.69) is 19.2 Å². The van der Waals surface area contributed by atoms with E-state index in [1.54, 1.807) is 0 Å². The van der Waals surface area contributed by atoms with E-state index in [-0.39, 0.29) is 0 Å². The largest absolute Gasteiger partial charge is 0.464 e. The summed E-state index contributed by atoms with van der Waals surface area (Å²) < 4.78 is 5.97. The molecule has 1 aromatic rings. The number of halogens is 1. The number of rotatable bonds is 4. The lowest BCUT2D eigenvalue weighted by Gasteiger charge is -2.10. The number of furan rings is 1. The molecule has 3 heteroatoms. The number of nitrogens with one attached hydrogen (secondary N) is 1. The molecular weight excluding hydrogens is 222 g/mol. The summed E-state index contributed by atoms with van der Waals surface area (Å²) in [6.45, 7) is 6.48. The first-order valence-corrected chi connectivity index (χ1v) is 6.63. The molecule has 1 unspecified atom stereocenters. The molecule has 2 nitrogen and oxygen atoms in total. The Kier molecular flexibility index (Phi) is 3.93. The van der Waals surface area contributed by atoms with Gasteiger partial charge in [0, 0.05) is 18.4 Å². The predicted octanol–water partition coefficient (Wildman–Crippen LogP) is 3.91. The Labute approximate surface area is 102 Å². The highest BCUT2D eigenvalue weighted by molar-refractivity contribution is 6.31. The molecule has 0 aromatic carbocycles. The normalized spacial score (nSPS) is 20.9. The highest BCUT2D eigenvalue weighted by Crippen LogP contribution is 2.36. The van der Waals surface area contributed by atoms with Crippen LogP contribution in [0.1, 0.15) is 56.5 Å². The summed E-state index contributed by atoms with van der Waals surface area (Å²) in [6.07, 6.45) is 3.34. The van der Waals surface area contributed by atoms with Gasteiger partial charge < -0.3 is 9.73 Å². The molecule has 1 atom stereocenters. The highest BCUT2D eigenvalue weighted by Gasteiger charge is 2.24. The zero-order valence-corrected chi connectivity index (χ0v) is 10.8.